The van der Waals surface area contributed by atoms with E-state index in [1.54, 1.807) is 25.3 Å². The van der Waals surface area contributed by atoms with Crippen LogP contribution in [0.15, 0.2) is 59.5 Å². The second kappa shape index (κ2) is 12.2. The van der Waals surface area contributed by atoms with E-state index in [1.807, 2.05) is 12.1 Å². The van der Waals surface area contributed by atoms with Crippen LogP contribution in [0.3, 0.4) is 0 Å². The topological polar surface area (TPSA) is 104 Å². The van der Waals surface area contributed by atoms with E-state index in [0.717, 1.165) is 35.5 Å². The number of nitrogens with one attached hydrogen (secondary N) is 3. The molecule has 0 aliphatic carbocycles. The molecule has 0 spiro atoms. The minimum Gasteiger partial charge on any atom is -0.388 e. The van der Waals surface area contributed by atoms with Gasteiger partial charge >= 0.3 is 6.18 Å². The zero-order chi connectivity index (χ0) is 27.1. The minimum atomic E-state index is -4.74. The summed E-state index contributed by atoms with van der Waals surface area (Å²) in [6, 6.07) is 9.56. The number of alkyl halides is 3. The Morgan fingerprint density at radius 2 is 1.59 bits per heavy atom. The maximum absolute atomic E-state index is 13.6. The summed E-state index contributed by atoms with van der Waals surface area (Å²) in [5.41, 5.74) is 0.193. The SMILES string of the molecule is CNc1ccc(C=CCS(=O)(=O)c2ccc(C(F)(F)F)c(C=CCS(=O)(=O)NC3CCNCC3)c2)cc1. The molecule has 0 saturated carbocycles. The monoisotopic (exact) mass is 557 g/mol. The summed E-state index contributed by atoms with van der Waals surface area (Å²) >= 11 is 0. The number of benzene rings is 2. The molecule has 0 radical (unpaired) electrons. The molecular weight excluding hydrogens is 527 g/mol. The van der Waals surface area contributed by atoms with Gasteiger partial charge in [0.1, 0.15) is 0 Å². The van der Waals surface area contributed by atoms with Crippen molar-refractivity contribution in [2.24, 2.45) is 0 Å². The highest BCUT2D eigenvalue weighted by Gasteiger charge is 2.33. The molecule has 1 heterocycles. The van der Waals surface area contributed by atoms with Gasteiger partial charge in [0.05, 0.1) is 22.0 Å². The lowest BCUT2D eigenvalue weighted by Gasteiger charge is -2.23. The molecule has 2 aromatic carbocycles. The van der Waals surface area contributed by atoms with E-state index in [4.69, 9.17) is 0 Å². The van der Waals surface area contributed by atoms with Gasteiger partial charge in [0.15, 0.2) is 9.84 Å². The van der Waals surface area contributed by atoms with Crippen LogP contribution in [0.2, 0.25) is 0 Å². The van der Waals surface area contributed by atoms with E-state index in [-0.39, 0.29) is 10.9 Å². The second-order valence-corrected chi connectivity index (χ2v) is 12.5. The Bertz CT molecular complexity index is 1330. The van der Waals surface area contributed by atoms with Gasteiger partial charge in [-0.15, -0.1) is 0 Å². The van der Waals surface area contributed by atoms with Crippen LogP contribution in [-0.4, -0.2) is 54.5 Å². The Kier molecular flexibility index (Phi) is 9.57. The van der Waals surface area contributed by atoms with Crippen LogP contribution in [0, 0.1) is 0 Å². The molecule has 7 nitrogen and oxygen atoms in total. The normalized spacial score (nSPS) is 16.0. The lowest BCUT2D eigenvalue weighted by Crippen LogP contribution is -2.43. The van der Waals surface area contributed by atoms with E-state index in [9.17, 15) is 30.0 Å². The smallest absolute Gasteiger partial charge is 0.388 e. The third-order valence-corrected chi connectivity index (χ3v) is 8.74. The van der Waals surface area contributed by atoms with Gasteiger partial charge < -0.3 is 10.6 Å². The first-order chi connectivity index (χ1) is 17.4. The molecule has 1 aliphatic rings. The lowest BCUT2D eigenvalue weighted by atomic mass is 10.1. The summed E-state index contributed by atoms with van der Waals surface area (Å²) < 4.78 is 93.6. The van der Waals surface area contributed by atoms with Crippen molar-refractivity contribution in [1.82, 2.24) is 10.0 Å². The maximum Gasteiger partial charge on any atom is 0.416 e. The number of hydrogen-bond donors (Lipinski definition) is 3. The van der Waals surface area contributed by atoms with Gasteiger partial charge in [-0.05, 0) is 67.4 Å². The Hall–Kier alpha value is -2.67. The quantitative estimate of drug-likeness (QED) is 0.409. The van der Waals surface area contributed by atoms with E-state index in [0.29, 0.717) is 32.0 Å². The van der Waals surface area contributed by atoms with Gasteiger partial charge in [0, 0.05) is 18.8 Å². The highest BCUT2D eigenvalue weighted by molar-refractivity contribution is 7.91. The molecule has 1 fully saturated rings. The molecule has 1 saturated heterocycles. The summed E-state index contributed by atoms with van der Waals surface area (Å²) in [5, 5.41) is 6.09. The lowest BCUT2D eigenvalue weighted by molar-refractivity contribution is -0.137. The van der Waals surface area contributed by atoms with Crippen LogP contribution in [0.4, 0.5) is 18.9 Å². The fourth-order valence-corrected chi connectivity index (χ4v) is 6.16. The molecule has 0 amide bonds. The predicted octanol–water partition coefficient (Wildman–Crippen LogP) is 3.92. The standard InChI is InChI=1S/C25H30F3N3O4S2/c1-29-21-8-6-19(7-9-21)4-2-16-36(32,33)23-10-11-24(25(26,27)28)20(18-23)5-3-17-37(34,35)31-22-12-14-30-15-13-22/h2-11,18,22,29-31H,12-17H2,1H3. The summed E-state index contributed by atoms with van der Waals surface area (Å²) in [6.07, 6.45) is 1.64. The van der Waals surface area contributed by atoms with E-state index in [1.165, 1.54) is 6.08 Å². The molecule has 3 rings (SSSR count). The van der Waals surface area contributed by atoms with Gasteiger partial charge in [0.2, 0.25) is 10.0 Å². The first-order valence-corrected chi connectivity index (χ1v) is 15.0. The largest absolute Gasteiger partial charge is 0.416 e. The molecule has 0 aromatic heterocycles. The average Bonchev–Trinajstić information content (AvgIpc) is 2.84. The zero-order valence-corrected chi connectivity index (χ0v) is 21.9. The number of piperidine rings is 1. The van der Waals surface area contributed by atoms with Crippen molar-refractivity contribution in [3.05, 3.63) is 71.3 Å². The second-order valence-electron chi connectivity index (χ2n) is 8.63. The van der Waals surface area contributed by atoms with E-state index >= 15 is 0 Å². The van der Waals surface area contributed by atoms with Crippen molar-refractivity contribution in [3.8, 4) is 0 Å². The van der Waals surface area contributed by atoms with Gasteiger partial charge in [-0.25, -0.2) is 21.6 Å². The average molecular weight is 558 g/mol. The Morgan fingerprint density at radius 3 is 2.22 bits per heavy atom. The van der Waals surface area contributed by atoms with Crippen LogP contribution in [0.1, 0.15) is 29.5 Å². The number of rotatable bonds is 10. The van der Waals surface area contributed by atoms with Crippen LogP contribution in [0.25, 0.3) is 12.2 Å². The molecule has 12 heteroatoms. The molecule has 3 N–H and O–H groups in total. The highest BCUT2D eigenvalue weighted by Crippen LogP contribution is 2.34. The zero-order valence-electron chi connectivity index (χ0n) is 20.3. The van der Waals surface area contributed by atoms with Crippen molar-refractivity contribution in [2.75, 3.05) is 37.0 Å². The van der Waals surface area contributed by atoms with E-state index in [2.05, 4.69) is 15.4 Å². The number of sulfone groups is 1. The third-order valence-electron chi connectivity index (χ3n) is 5.81. The fraction of sp³-hybridized carbons (Fsp3) is 0.360. The predicted molar refractivity (Wildman–Crippen MR) is 140 cm³/mol. The summed E-state index contributed by atoms with van der Waals surface area (Å²) in [7, 11) is -5.92. The first kappa shape index (κ1) is 28.9. The summed E-state index contributed by atoms with van der Waals surface area (Å²) in [5.74, 6) is -0.940. The van der Waals surface area contributed by atoms with Crippen molar-refractivity contribution in [1.29, 1.82) is 0 Å². The van der Waals surface area contributed by atoms with Crippen molar-refractivity contribution < 1.29 is 30.0 Å². The molecule has 37 heavy (non-hydrogen) atoms. The molecular formula is C25H30F3N3O4S2. The first-order valence-electron chi connectivity index (χ1n) is 11.7. The molecule has 2 aromatic rings. The Morgan fingerprint density at radius 1 is 0.946 bits per heavy atom. The third kappa shape index (κ3) is 8.70. The molecule has 0 atom stereocenters. The minimum absolute atomic E-state index is 0.229. The van der Waals surface area contributed by atoms with E-state index < -0.39 is 48.7 Å². The van der Waals surface area contributed by atoms with Gasteiger partial charge in [0.25, 0.3) is 0 Å². The molecule has 202 valence electrons. The van der Waals surface area contributed by atoms with Gasteiger partial charge in [-0.3, -0.25) is 0 Å². The van der Waals surface area contributed by atoms with Crippen molar-refractivity contribution in [3.63, 3.8) is 0 Å². The Labute approximate surface area is 215 Å². The van der Waals surface area contributed by atoms with Crippen LogP contribution in [-0.2, 0) is 26.0 Å². The molecule has 0 bridgehead atoms. The Balaban J connectivity index is 1.77. The fourth-order valence-electron chi connectivity index (χ4n) is 3.84. The number of halogens is 3. The number of hydrogen-bond acceptors (Lipinski definition) is 6. The maximum atomic E-state index is 13.6. The van der Waals surface area contributed by atoms with Crippen molar-refractivity contribution >= 4 is 37.7 Å². The van der Waals surface area contributed by atoms with Crippen molar-refractivity contribution in [2.45, 2.75) is 30.0 Å². The number of anilines is 1. The van der Waals surface area contributed by atoms with Gasteiger partial charge in [-0.1, -0.05) is 36.4 Å². The molecule has 1 aliphatic heterocycles. The van der Waals surface area contributed by atoms with Crippen LogP contribution in [0.5, 0.6) is 0 Å². The van der Waals surface area contributed by atoms with Crippen LogP contribution < -0.4 is 15.4 Å². The summed E-state index contributed by atoms with van der Waals surface area (Å²) in [4.78, 5) is -0.286. The van der Waals surface area contributed by atoms with Crippen LogP contribution >= 0.6 is 0 Å². The van der Waals surface area contributed by atoms with Gasteiger partial charge in [-0.2, -0.15) is 13.2 Å². The summed E-state index contributed by atoms with van der Waals surface area (Å²) in [6.45, 7) is 1.36. The number of sulfonamides is 1. The molecule has 0 unspecified atom stereocenters. The highest BCUT2D eigenvalue weighted by atomic mass is 32.2.